The maximum Gasteiger partial charge on any atom is 0.279 e. The Hall–Kier alpha value is -2.25. The van der Waals surface area contributed by atoms with Crippen LogP contribution >= 0.6 is 11.3 Å². The smallest absolute Gasteiger partial charge is 0.279 e. The molecule has 1 aromatic heterocycles. The summed E-state index contributed by atoms with van der Waals surface area (Å²) in [4.78, 5) is 17.7. The quantitative estimate of drug-likeness (QED) is 0.686. The summed E-state index contributed by atoms with van der Waals surface area (Å²) in [6.45, 7) is 4.72. The first-order valence-corrected chi connectivity index (χ1v) is 11.0. The highest BCUT2D eigenvalue weighted by Gasteiger charge is 2.13. The predicted molar refractivity (Wildman–Crippen MR) is 104 cm³/mol. The van der Waals surface area contributed by atoms with Gasteiger partial charge in [-0.25, -0.2) is 8.42 Å². The Morgan fingerprint density at radius 1 is 1.15 bits per heavy atom. The zero-order valence-corrected chi connectivity index (χ0v) is 16.5. The fourth-order valence-electron chi connectivity index (χ4n) is 2.66. The van der Waals surface area contributed by atoms with E-state index in [1.54, 1.807) is 30.3 Å². The van der Waals surface area contributed by atoms with Gasteiger partial charge in [-0.15, -0.1) is 0 Å². The third-order valence-corrected chi connectivity index (χ3v) is 6.18. The highest BCUT2D eigenvalue weighted by Crippen LogP contribution is 2.22. The number of hydrogen-bond donors (Lipinski definition) is 0. The van der Waals surface area contributed by atoms with E-state index in [1.165, 1.54) is 17.6 Å². The summed E-state index contributed by atoms with van der Waals surface area (Å²) in [7, 11) is -3.28. The van der Waals surface area contributed by atoms with Gasteiger partial charge in [0.15, 0.2) is 14.6 Å². The minimum Gasteiger partial charge on any atom is -0.316 e. The van der Waals surface area contributed by atoms with Crippen LogP contribution < -0.4 is 4.80 Å². The minimum atomic E-state index is -3.28. The standard InChI is InChI=1S/C19H20N2O3S2/c1-4-11-21-16-10-9-15(26(3,23)24)12-17(16)25-19(21)20-18(22)14-7-5-13(2)6-8-14/h5-10,12H,4,11H2,1-3H3. The highest BCUT2D eigenvalue weighted by atomic mass is 32.2. The SMILES string of the molecule is CCCn1c(=NC(=O)c2ccc(C)cc2)sc2cc(S(C)(=O)=O)ccc21. The molecule has 0 aliphatic heterocycles. The lowest BCUT2D eigenvalue weighted by Crippen LogP contribution is -2.16. The molecule has 136 valence electrons. The van der Waals surface area contributed by atoms with Crippen LogP contribution in [-0.4, -0.2) is 25.1 Å². The minimum absolute atomic E-state index is 0.270. The second kappa shape index (κ2) is 7.17. The van der Waals surface area contributed by atoms with Crippen LogP contribution in [0.3, 0.4) is 0 Å². The van der Waals surface area contributed by atoms with E-state index in [0.717, 1.165) is 22.2 Å². The van der Waals surface area contributed by atoms with Crippen LogP contribution in [0.4, 0.5) is 0 Å². The van der Waals surface area contributed by atoms with E-state index in [1.807, 2.05) is 30.5 Å². The molecule has 0 radical (unpaired) electrons. The van der Waals surface area contributed by atoms with Gasteiger partial charge in [0.1, 0.15) is 0 Å². The van der Waals surface area contributed by atoms with Crippen LogP contribution in [0.5, 0.6) is 0 Å². The first kappa shape index (κ1) is 18.5. The van der Waals surface area contributed by atoms with Crippen molar-refractivity contribution in [1.29, 1.82) is 0 Å². The van der Waals surface area contributed by atoms with Crippen LogP contribution in [0.15, 0.2) is 52.4 Å². The van der Waals surface area contributed by atoms with Gasteiger partial charge >= 0.3 is 0 Å². The van der Waals surface area contributed by atoms with E-state index in [2.05, 4.69) is 4.99 Å². The number of aromatic nitrogens is 1. The zero-order valence-electron chi connectivity index (χ0n) is 14.9. The van der Waals surface area contributed by atoms with Gasteiger partial charge < -0.3 is 4.57 Å². The lowest BCUT2D eigenvalue weighted by Gasteiger charge is -2.03. The summed E-state index contributed by atoms with van der Waals surface area (Å²) in [5.74, 6) is -0.301. The molecule has 0 saturated carbocycles. The van der Waals surface area contributed by atoms with Crippen molar-refractivity contribution >= 4 is 37.3 Å². The van der Waals surface area contributed by atoms with E-state index in [-0.39, 0.29) is 10.8 Å². The van der Waals surface area contributed by atoms with Crippen molar-refractivity contribution in [2.24, 2.45) is 4.99 Å². The Labute approximate surface area is 156 Å². The Morgan fingerprint density at radius 3 is 2.46 bits per heavy atom. The molecule has 0 spiro atoms. The van der Waals surface area contributed by atoms with E-state index in [4.69, 9.17) is 0 Å². The fourth-order valence-corrected chi connectivity index (χ4v) is 4.47. The average molecular weight is 389 g/mol. The van der Waals surface area contributed by atoms with Crippen LogP contribution in [0.25, 0.3) is 10.2 Å². The Bertz CT molecular complexity index is 1140. The van der Waals surface area contributed by atoms with Crippen LogP contribution in [0.1, 0.15) is 29.3 Å². The number of sulfone groups is 1. The van der Waals surface area contributed by atoms with Gasteiger partial charge in [0.05, 0.1) is 15.1 Å². The fraction of sp³-hybridized carbons (Fsp3) is 0.263. The van der Waals surface area contributed by atoms with Crippen molar-refractivity contribution in [2.45, 2.75) is 31.7 Å². The van der Waals surface area contributed by atoms with Gasteiger partial charge in [-0.2, -0.15) is 4.99 Å². The monoisotopic (exact) mass is 388 g/mol. The van der Waals surface area contributed by atoms with Crippen molar-refractivity contribution in [1.82, 2.24) is 4.57 Å². The molecule has 0 saturated heterocycles. The third-order valence-electron chi connectivity index (χ3n) is 4.03. The summed E-state index contributed by atoms with van der Waals surface area (Å²) < 4.78 is 26.4. The predicted octanol–water partition coefficient (Wildman–Crippen LogP) is 3.57. The van der Waals surface area contributed by atoms with Gasteiger partial charge in [0, 0.05) is 18.4 Å². The number of nitrogens with zero attached hydrogens (tertiary/aromatic N) is 2. The Morgan fingerprint density at radius 2 is 1.85 bits per heavy atom. The number of thiazole rings is 1. The first-order valence-electron chi connectivity index (χ1n) is 8.29. The molecule has 3 aromatic rings. The molecule has 0 aliphatic carbocycles. The summed E-state index contributed by atoms with van der Waals surface area (Å²) in [6, 6.07) is 12.3. The molecule has 1 heterocycles. The first-order chi connectivity index (χ1) is 12.3. The maximum atomic E-state index is 12.5. The highest BCUT2D eigenvalue weighted by molar-refractivity contribution is 7.90. The number of carbonyl (C=O) groups is 1. The largest absolute Gasteiger partial charge is 0.316 e. The van der Waals surface area contributed by atoms with E-state index in [9.17, 15) is 13.2 Å². The van der Waals surface area contributed by atoms with Crippen molar-refractivity contribution < 1.29 is 13.2 Å². The van der Waals surface area contributed by atoms with Crippen LogP contribution in [-0.2, 0) is 16.4 Å². The number of amides is 1. The second-order valence-corrected chi connectivity index (χ2v) is 9.25. The maximum absolute atomic E-state index is 12.5. The number of benzene rings is 2. The van der Waals surface area contributed by atoms with Crippen molar-refractivity contribution in [3.05, 3.63) is 58.4 Å². The summed E-state index contributed by atoms with van der Waals surface area (Å²) in [5.41, 5.74) is 2.50. The molecule has 1 amide bonds. The average Bonchev–Trinajstić information content (AvgIpc) is 2.92. The van der Waals surface area contributed by atoms with E-state index >= 15 is 0 Å². The van der Waals surface area contributed by atoms with Gasteiger partial charge in [-0.3, -0.25) is 4.79 Å². The molecule has 26 heavy (non-hydrogen) atoms. The van der Waals surface area contributed by atoms with Crippen LogP contribution in [0.2, 0.25) is 0 Å². The summed E-state index contributed by atoms with van der Waals surface area (Å²) in [5, 5.41) is 0. The normalized spacial score (nSPS) is 12.7. The molecule has 3 rings (SSSR count). The topological polar surface area (TPSA) is 68.5 Å². The molecule has 0 N–H and O–H groups in total. The number of carbonyl (C=O) groups excluding carboxylic acids is 1. The second-order valence-electron chi connectivity index (χ2n) is 6.22. The van der Waals surface area contributed by atoms with E-state index in [0.29, 0.717) is 16.9 Å². The molecule has 0 aliphatic rings. The van der Waals surface area contributed by atoms with E-state index < -0.39 is 9.84 Å². The number of rotatable bonds is 4. The Kier molecular flexibility index (Phi) is 5.11. The molecular formula is C19H20N2O3S2. The zero-order chi connectivity index (χ0) is 18.9. The molecular weight excluding hydrogens is 368 g/mol. The molecule has 0 unspecified atom stereocenters. The van der Waals surface area contributed by atoms with Gasteiger partial charge in [0.25, 0.3) is 5.91 Å². The van der Waals surface area contributed by atoms with Crippen molar-refractivity contribution in [3.63, 3.8) is 0 Å². The molecule has 0 bridgehead atoms. The number of hydrogen-bond acceptors (Lipinski definition) is 4. The lowest BCUT2D eigenvalue weighted by molar-refractivity contribution is 0.0998. The third kappa shape index (κ3) is 3.78. The van der Waals surface area contributed by atoms with Gasteiger partial charge in [0.2, 0.25) is 0 Å². The van der Waals surface area contributed by atoms with Crippen molar-refractivity contribution in [2.75, 3.05) is 6.26 Å². The van der Waals surface area contributed by atoms with Crippen LogP contribution in [0, 0.1) is 6.92 Å². The van der Waals surface area contributed by atoms with Gasteiger partial charge in [-0.05, 0) is 43.7 Å². The molecule has 0 atom stereocenters. The molecule has 0 fully saturated rings. The van der Waals surface area contributed by atoms with Crippen molar-refractivity contribution in [3.8, 4) is 0 Å². The lowest BCUT2D eigenvalue weighted by atomic mass is 10.1. The Balaban J connectivity index is 2.16. The number of aryl methyl sites for hydroxylation is 2. The summed E-state index contributed by atoms with van der Waals surface area (Å²) in [6.07, 6.45) is 2.07. The van der Waals surface area contributed by atoms with Gasteiger partial charge in [-0.1, -0.05) is 36.0 Å². The molecule has 2 aromatic carbocycles. The number of fused-ring (bicyclic) bond motifs is 1. The molecule has 7 heteroatoms. The summed E-state index contributed by atoms with van der Waals surface area (Å²) >= 11 is 1.33. The molecule has 5 nitrogen and oxygen atoms in total.